The number of para-hydroxylation sites is 1. The number of nitrogens with two attached hydrogens (primary N) is 1. The number of likely N-dealkylation sites (N-methyl/N-ethyl adjacent to an activating group) is 1. The molecule has 0 aliphatic carbocycles. The largest absolute Gasteiger partial charge is 0.492 e. The van der Waals surface area contributed by atoms with Crippen LogP contribution in [0.15, 0.2) is 72.8 Å². The van der Waals surface area contributed by atoms with Crippen LogP contribution in [0.1, 0.15) is 40.1 Å². The minimum atomic E-state index is -0.552. The van der Waals surface area contributed by atoms with E-state index in [1.165, 1.54) is 0 Å². The van der Waals surface area contributed by atoms with Crippen molar-refractivity contribution >= 4 is 17.5 Å². The van der Waals surface area contributed by atoms with Crippen molar-refractivity contribution in [3.63, 3.8) is 0 Å². The topological polar surface area (TPSA) is 93.9 Å². The van der Waals surface area contributed by atoms with Gasteiger partial charge < -0.3 is 25.4 Å². The average molecular weight is 462 g/mol. The van der Waals surface area contributed by atoms with Crippen LogP contribution in [0, 0.1) is 0 Å². The lowest BCUT2D eigenvalue weighted by atomic mass is 10.1. The van der Waals surface area contributed by atoms with Gasteiger partial charge >= 0.3 is 0 Å². The van der Waals surface area contributed by atoms with Crippen LogP contribution in [0.3, 0.4) is 0 Å². The first-order valence-electron chi connectivity index (χ1n) is 11.4. The number of carbonyl (C=O) groups is 2. The van der Waals surface area contributed by atoms with Gasteiger partial charge in [-0.3, -0.25) is 9.59 Å². The van der Waals surface area contributed by atoms with Crippen LogP contribution in [-0.4, -0.2) is 43.0 Å². The van der Waals surface area contributed by atoms with Crippen LogP contribution in [0.5, 0.6) is 11.5 Å². The fourth-order valence-corrected chi connectivity index (χ4v) is 3.43. The zero-order chi connectivity index (χ0) is 24.3. The maximum absolute atomic E-state index is 12.7. The second-order valence-corrected chi connectivity index (χ2v) is 7.70. The minimum absolute atomic E-state index is 0.199. The number of nitrogens with one attached hydrogen (secondary N) is 1. The summed E-state index contributed by atoms with van der Waals surface area (Å²) in [5.41, 5.74) is 7.69. The molecule has 0 aromatic heterocycles. The van der Waals surface area contributed by atoms with E-state index in [2.05, 4.69) is 24.1 Å². The molecule has 0 atom stereocenters. The Kier molecular flexibility index (Phi) is 9.05. The highest BCUT2D eigenvalue weighted by molar-refractivity contribution is 6.04. The maximum atomic E-state index is 12.7. The number of primary amides is 1. The van der Waals surface area contributed by atoms with Crippen LogP contribution in [0.4, 0.5) is 5.69 Å². The molecule has 0 saturated heterocycles. The molecule has 0 bridgehead atoms. The molecule has 2 amide bonds. The molecule has 3 aromatic carbocycles. The third-order valence-corrected chi connectivity index (χ3v) is 5.42. The van der Waals surface area contributed by atoms with Crippen LogP contribution < -0.4 is 20.5 Å². The fraction of sp³-hybridized carbons (Fsp3) is 0.259. The lowest BCUT2D eigenvalue weighted by Crippen LogP contribution is -2.27. The summed E-state index contributed by atoms with van der Waals surface area (Å²) in [7, 11) is 0. The van der Waals surface area contributed by atoms with Gasteiger partial charge in [0.05, 0.1) is 5.56 Å². The first-order chi connectivity index (χ1) is 16.5. The van der Waals surface area contributed by atoms with Gasteiger partial charge in [-0.25, -0.2) is 0 Å². The predicted molar refractivity (Wildman–Crippen MR) is 133 cm³/mol. The van der Waals surface area contributed by atoms with Crippen molar-refractivity contribution in [2.75, 3.05) is 31.6 Å². The number of benzene rings is 3. The van der Waals surface area contributed by atoms with E-state index in [0.717, 1.165) is 30.9 Å². The molecule has 0 heterocycles. The monoisotopic (exact) mass is 461 g/mol. The Morgan fingerprint density at radius 2 is 1.65 bits per heavy atom. The van der Waals surface area contributed by atoms with Gasteiger partial charge in [-0.2, -0.15) is 0 Å². The summed E-state index contributed by atoms with van der Waals surface area (Å²) in [6, 6.07) is 21.3. The molecule has 34 heavy (non-hydrogen) atoms. The first kappa shape index (κ1) is 24.8. The van der Waals surface area contributed by atoms with E-state index in [1.807, 2.05) is 30.3 Å². The average Bonchev–Trinajstić information content (AvgIpc) is 2.86. The van der Waals surface area contributed by atoms with Crippen LogP contribution >= 0.6 is 0 Å². The van der Waals surface area contributed by atoms with Gasteiger partial charge in [0.25, 0.3) is 11.8 Å². The second-order valence-electron chi connectivity index (χ2n) is 7.70. The lowest BCUT2D eigenvalue weighted by molar-refractivity contribution is 0.0994. The highest BCUT2D eigenvalue weighted by Gasteiger charge is 2.10. The molecule has 0 saturated carbocycles. The Bertz CT molecular complexity index is 1100. The van der Waals surface area contributed by atoms with Gasteiger partial charge in [0.15, 0.2) is 0 Å². The lowest BCUT2D eigenvalue weighted by Gasteiger charge is -2.18. The maximum Gasteiger partial charge on any atom is 0.255 e. The summed E-state index contributed by atoms with van der Waals surface area (Å²) in [5.74, 6) is 0.392. The number of nitrogens with zero attached hydrogens (tertiary/aromatic N) is 1. The Labute approximate surface area is 200 Å². The molecular weight excluding hydrogens is 430 g/mol. The molecule has 7 nitrogen and oxygen atoms in total. The van der Waals surface area contributed by atoms with Crippen molar-refractivity contribution in [3.05, 3.63) is 89.5 Å². The van der Waals surface area contributed by atoms with Crippen LogP contribution in [0.25, 0.3) is 0 Å². The van der Waals surface area contributed by atoms with E-state index in [4.69, 9.17) is 15.2 Å². The van der Waals surface area contributed by atoms with Crippen molar-refractivity contribution in [1.82, 2.24) is 4.90 Å². The molecular formula is C27H31N3O4. The standard InChI is InChI=1S/C27H31N3O4/c1-3-30(4-2)16-17-33-23-14-12-22(13-15-23)29-27(32)21-9-7-8-20(18-21)19-34-25-11-6-5-10-24(25)26(28)31/h5-15,18H,3-4,16-17,19H2,1-2H3,(H2,28,31)(H,29,32). The van der Waals surface area contributed by atoms with Crippen molar-refractivity contribution in [3.8, 4) is 11.5 Å². The molecule has 3 rings (SSSR count). The number of anilines is 1. The van der Waals surface area contributed by atoms with E-state index < -0.39 is 5.91 Å². The van der Waals surface area contributed by atoms with Crippen molar-refractivity contribution < 1.29 is 19.1 Å². The number of rotatable bonds is 12. The minimum Gasteiger partial charge on any atom is -0.492 e. The summed E-state index contributed by atoms with van der Waals surface area (Å²) in [6.07, 6.45) is 0. The molecule has 0 aliphatic heterocycles. The van der Waals surface area contributed by atoms with Gasteiger partial charge in [0, 0.05) is 17.8 Å². The number of hydrogen-bond acceptors (Lipinski definition) is 5. The van der Waals surface area contributed by atoms with Gasteiger partial charge in [-0.15, -0.1) is 0 Å². The summed E-state index contributed by atoms with van der Waals surface area (Å²) in [6.45, 7) is 7.95. The van der Waals surface area contributed by atoms with E-state index in [1.54, 1.807) is 42.5 Å². The summed E-state index contributed by atoms with van der Waals surface area (Å²) in [4.78, 5) is 26.6. The number of carbonyl (C=O) groups excluding carboxylic acids is 2. The number of ether oxygens (including phenoxy) is 2. The van der Waals surface area contributed by atoms with E-state index in [9.17, 15) is 9.59 Å². The molecule has 0 aliphatic rings. The first-order valence-corrected chi connectivity index (χ1v) is 11.4. The zero-order valence-corrected chi connectivity index (χ0v) is 19.6. The summed E-state index contributed by atoms with van der Waals surface area (Å²) >= 11 is 0. The molecule has 3 N–H and O–H groups in total. The molecule has 178 valence electrons. The SMILES string of the molecule is CCN(CC)CCOc1ccc(NC(=O)c2cccc(COc3ccccc3C(N)=O)c2)cc1. The van der Waals surface area contributed by atoms with Gasteiger partial charge in [0.1, 0.15) is 24.7 Å². The van der Waals surface area contributed by atoms with Gasteiger partial charge in [-0.05, 0) is 67.2 Å². The molecule has 0 radical (unpaired) electrons. The molecule has 7 heteroatoms. The van der Waals surface area contributed by atoms with Gasteiger partial charge in [0.2, 0.25) is 0 Å². The fourth-order valence-electron chi connectivity index (χ4n) is 3.43. The Hall–Kier alpha value is -3.84. The molecule has 3 aromatic rings. The van der Waals surface area contributed by atoms with Crippen molar-refractivity contribution in [2.45, 2.75) is 20.5 Å². The number of hydrogen-bond donors (Lipinski definition) is 2. The normalized spacial score (nSPS) is 10.7. The summed E-state index contributed by atoms with van der Waals surface area (Å²) in [5, 5.41) is 2.90. The predicted octanol–water partition coefficient (Wildman–Crippen LogP) is 4.34. The Morgan fingerprint density at radius 1 is 0.912 bits per heavy atom. The highest BCUT2D eigenvalue weighted by Crippen LogP contribution is 2.20. The van der Waals surface area contributed by atoms with Crippen LogP contribution in [0.2, 0.25) is 0 Å². The third-order valence-electron chi connectivity index (χ3n) is 5.42. The Balaban J connectivity index is 1.55. The summed E-state index contributed by atoms with van der Waals surface area (Å²) < 4.78 is 11.6. The van der Waals surface area contributed by atoms with Crippen molar-refractivity contribution in [1.29, 1.82) is 0 Å². The van der Waals surface area contributed by atoms with Crippen LogP contribution in [-0.2, 0) is 6.61 Å². The van der Waals surface area contributed by atoms with Gasteiger partial charge in [-0.1, -0.05) is 38.1 Å². The van der Waals surface area contributed by atoms with Crippen molar-refractivity contribution in [2.24, 2.45) is 5.73 Å². The highest BCUT2D eigenvalue weighted by atomic mass is 16.5. The molecule has 0 spiro atoms. The molecule has 0 fully saturated rings. The Morgan fingerprint density at radius 3 is 2.35 bits per heavy atom. The number of amides is 2. The second kappa shape index (κ2) is 12.4. The smallest absolute Gasteiger partial charge is 0.255 e. The third kappa shape index (κ3) is 7.08. The zero-order valence-electron chi connectivity index (χ0n) is 19.6. The quantitative estimate of drug-likeness (QED) is 0.419. The molecule has 0 unspecified atom stereocenters. The van der Waals surface area contributed by atoms with E-state index in [-0.39, 0.29) is 12.5 Å². The van der Waals surface area contributed by atoms with E-state index in [0.29, 0.717) is 29.2 Å². The van der Waals surface area contributed by atoms with E-state index >= 15 is 0 Å².